The molecule has 1 aromatic heterocycles. The molecule has 2 N–H and O–H groups in total. The highest BCUT2D eigenvalue weighted by Gasteiger charge is 2.39. The van der Waals surface area contributed by atoms with Crippen LogP contribution in [0.25, 0.3) is 0 Å². The van der Waals surface area contributed by atoms with Gasteiger partial charge < -0.3 is 15.1 Å². The highest BCUT2D eigenvalue weighted by molar-refractivity contribution is 5.83. The van der Waals surface area contributed by atoms with Gasteiger partial charge in [-0.05, 0) is 51.4 Å². The Bertz CT molecular complexity index is 389. The molecule has 0 radical (unpaired) electrons. The predicted octanol–water partition coefficient (Wildman–Crippen LogP) is 2.63. The first-order valence-corrected chi connectivity index (χ1v) is 7.23. The third kappa shape index (κ3) is 3.18. The summed E-state index contributed by atoms with van der Waals surface area (Å²) in [4.78, 5) is 12.6. The second-order valence-corrected chi connectivity index (χ2v) is 5.49. The summed E-state index contributed by atoms with van der Waals surface area (Å²) in [6, 6.07) is 3.69. The molecule has 0 spiro atoms. The Morgan fingerprint density at radius 3 is 2.84 bits per heavy atom. The first-order chi connectivity index (χ1) is 9.18. The van der Waals surface area contributed by atoms with Gasteiger partial charge in [0.15, 0.2) is 0 Å². The van der Waals surface area contributed by atoms with E-state index < -0.39 is 0 Å². The van der Waals surface area contributed by atoms with Crippen molar-refractivity contribution < 1.29 is 9.21 Å². The minimum absolute atomic E-state index is 0.0638. The summed E-state index contributed by atoms with van der Waals surface area (Å²) in [6.07, 6.45) is 5.51. The van der Waals surface area contributed by atoms with Crippen molar-refractivity contribution >= 4 is 5.91 Å². The highest BCUT2D eigenvalue weighted by atomic mass is 16.3. The van der Waals surface area contributed by atoms with Crippen LogP contribution in [0.4, 0.5) is 0 Å². The average Bonchev–Trinajstić information content (AvgIpc) is 2.94. The molecule has 4 nitrogen and oxygen atoms in total. The number of carbonyl (C=O) groups excluding carboxylic acids is 1. The molecular formula is C15H24N2O2. The molecule has 0 aliphatic carbocycles. The molecule has 4 heteroatoms. The van der Waals surface area contributed by atoms with Gasteiger partial charge in [0.2, 0.25) is 5.91 Å². The third-order valence-electron chi connectivity index (χ3n) is 4.09. The summed E-state index contributed by atoms with van der Waals surface area (Å²) in [5, 5.41) is 6.45. The number of hydrogen-bond acceptors (Lipinski definition) is 3. The Morgan fingerprint density at radius 1 is 1.53 bits per heavy atom. The van der Waals surface area contributed by atoms with Crippen LogP contribution < -0.4 is 10.6 Å². The summed E-state index contributed by atoms with van der Waals surface area (Å²) in [6.45, 7) is 5.98. The second-order valence-electron chi connectivity index (χ2n) is 5.49. The molecule has 1 fully saturated rings. The van der Waals surface area contributed by atoms with E-state index in [1.54, 1.807) is 6.26 Å². The maximum Gasteiger partial charge on any atom is 0.226 e. The molecule has 1 aromatic rings. The molecule has 1 aliphatic heterocycles. The van der Waals surface area contributed by atoms with Crippen LogP contribution in [-0.4, -0.2) is 19.0 Å². The standard InChI is InChI=1S/C15H24N2O2/c1-3-6-15(7-9-16-10-8-15)14(18)17-12(2)13-5-4-11-19-13/h4-5,11-12,16H,3,6-10H2,1-2H3,(H,17,18)/t12-/m1/s1. The maximum absolute atomic E-state index is 12.6. The smallest absolute Gasteiger partial charge is 0.226 e. The van der Waals surface area contributed by atoms with Gasteiger partial charge in [0, 0.05) is 0 Å². The minimum atomic E-state index is -0.194. The molecule has 1 aliphatic rings. The van der Waals surface area contributed by atoms with Crippen LogP contribution in [-0.2, 0) is 4.79 Å². The number of carbonyl (C=O) groups is 1. The van der Waals surface area contributed by atoms with Crippen molar-refractivity contribution in [3.8, 4) is 0 Å². The van der Waals surface area contributed by atoms with Gasteiger partial charge in [-0.2, -0.15) is 0 Å². The zero-order chi connectivity index (χ0) is 13.7. The summed E-state index contributed by atoms with van der Waals surface area (Å²) in [7, 11) is 0. The Balaban J connectivity index is 2.03. The monoisotopic (exact) mass is 264 g/mol. The van der Waals surface area contributed by atoms with Gasteiger partial charge >= 0.3 is 0 Å². The molecule has 1 saturated heterocycles. The van der Waals surface area contributed by atoms with Gasteiger partial charge in [-0.1, -0.05) is 13.3 Å². The molecule has 19 heavy (non-hydrogen) atoms. The summed E-state index contributed by atoms with van der Waals surface area (Å²) < 4.78 is 5.35. The number of furan rings is 1. The Morgan fingerprint density at radius 2 is 2.26 bits per heavy atom. The van der Waals surface area contributed by atoms with E-state index in [1.807, 2.05) is 19.1 Å². The maximum atomic E-state index is 12.6. The van der Waals surface area contributed by atoms with Crippen molar-refractivity contribution in [1.82, 2.24) is 10.6 Å². The minimum Gasteiger partial charge on any atom is -0.467 e. The number of hydrogen-bond donors (Lipinski definition) is 2. The fraction of sp³-hybridized carbons (Fsp3) is 0.667. The molecule has 106 valence electrons. The van der Waals surface area contributed by atoms with Crippen molar-refractivity contribution in [3.63, 3.8) is 0 Å². The van der Waals surface area contributed by atoms with E-state index in [9.17, 15) is 4.79 Å². The fourth-order valence-electron chi connectivity index (χ4n) is 2.93. The molecule has 0 unspecified atom stereocenters. The van der Waals surface area contributed by atoms with Crippen molar-refractivity contribution in [3.05, 3.63) is 24.2 Å². The van der Waals surface area contributed by atoms with Crippen LogP contribution in [0.5, 0.6) is 0 Å². The molecule has 0 bridgehead atoms. The first-order valence-electron chi connectivity index (χ1n) is 7.23. The lowest BCUT2D eigenvalue weighted by Gasteiger charge is -2.36. The van der Waals surface area contributed by atoms with Crippen LogP contribution in [0.15, 0.2) is 22.8 Å². The highest BCUT2D eigenvalue weighted by Crippen LogP contribution is 2.35. The third-order valence-corrected chi connectivity index (χ3v) is 4.09. The van der Waals surface area contributed by atoms with Crippen LogP contribution in [0, 0.1) is 5.41 Å². The SMILES string of the molecule is CCCC1(C(=O)N[C@H](C)c2ccco2)CCNCC1. The Labute approximate surface area is 114 Å². The van der Waals surface area contributed by atoms with Gasteiger partial charge in [0.05, 0.1) is 17.7 Å². The van der Waals surface area contributed by atoms with E-state index in [0.717, 1.165) is 44.5 Å². The fourth-order valence-corrected chi connectivity index (χ4v) is 2.93. The van der Waals surface area contributed by atoms with Crippen molar-refractivity contribution in [2.45, 2.75) is 45.6 Å². The van der Waals surface area contributed by atoms with Gasteiger partial charge in [0.1, 0.15) is 5.76 Å². The second kappa shape index (κ2) is 6.24. The molecule has 2 rings (SSSR count). The molecular weight excluding hydrogens is 240 g/mol. The van der Waals surface area contributed by atoms with E-state index in [2.05, 4.69) is 17.6 Å². The van der Waals surface area contributed by atoms with E-state index in [-0.39, 0.29) is 17.4 Å². The van der Waals surface area contributed by atoms with Gasteiger partial charge in [-0.25, -0.2) is 0 Å². The van der Waals surface area contributed by atoms with Crippen LogP contribution in [0.1, 0.15) is 51.3 Å². The molecule has 0 aromatic carbocycles. The zero-order valence-corrected chi connectivity index (χ0v) is 11.9. The lowest BCUT2D eigenvalue weighted by molar-refractivity contribution is -0.134. The Hall–Kier alpha value is -1.29. The summed E-state index contributed by atoms with van der Waals surface area (Å²) >= 11 is 0. The lowest BCUT2D eigenvalue weighted by Crippen LogP contribution is -2.48. The van der Waals surface area contributed by atoms with Crippen molar-refractivity contribution in [1.29, 1.82) is 0 Å². The summed E-state index contributed by atoms with van der Waals surface area (Å²) in [5.74, 6) is 0.994. The molecule has 2 heterocycles. The quantitative estimate of drug-likeness (QED) is 0.859. The van der Waals surface area contributed by atoms with Crippen molar-refractivity contribution in [2.75, 3.05) is 13.1 Å². The first kappa shape index (κ1) is 14.1. The Kier molecular flexibility index (Phi) is 4.64. The number of amides is 1. The predicted molar refractivity (Wildman–Crippen MR) is 74.7 cm³/mol. The number of piperidine rings is 1. The van der Waals surface area contributed by atoms with Gasteiger partial charge in [-0.15, -0.1) is 0 Å². The van der Waals surface area contributed by atoms with Gasteiger partial charge in [-0.3, -0.25) is 4.79 Å². The van der Waals surface area contributed by atoms with Crippen molar-refractivity contribution in [2.24, 2.45) is 5.41 Å². The van der Waals surface area contributed by atoms with Crippen LogP contribution in [0.3, 0.4) is 0 Å². The molecule has 0 saturated carbocycles. The molecule has 1 atom stereocenters. The summed E-state index contributed by atoms with van der Waals surface area (Å²) in [5.41, 5.74) is -0.194. The topological polar surface area (TPSA) is 54.3 Å². The van der Waals surface area contributed by atoms with Crippen LogP contribution in [0.2, 0.25) is 0 Å². The molecule has 1 amide bonds. The van der Waals surface area contributed by atoms with E-state index in [0.29, 0.717) is 0 Å². The largest absolute Gasteiger partial charge is 0.467 e. The average molecular weight is 264 g/mol. The van der Waals surface area contributed by atoms with Gasteiger partial charge in [0.25, 0.3) is 0 Å². The number of rotatable bonds is 5. The lowest BCUT2D eigenvalue weighted by atomic mass is 9.74. The normalized spacial score (nSPS) is 19.9. The van der Waals surface area contributed by atoms with Crippen LogP contribution >= 0.6 is 0 Å². The zero-order valence-electron chi connectivity index (χ0n) is 11.9. The number of nitrogens with one attached hydrogen (secondary N) is 2. The van der Waals surface area contributed by atoms with E-state index in [1.165, 1.54) is 0 Å². The van der Waals surface area contributed by atoms with E-state index >= 15 is 0 Å². The van der Waals surface area contributed by atoms with E-state index in [4.69, 9.17) is 4.42 Å².